The third kappa shape index (κ3) is 4.90. The van der Waals surface area contributed by atoms with Crippen molar-refractivity contribution in [3.63, 3.8) is 0 Å². The predicted octanol–water partition coefficient (Wildman–Crippen LogP) is 1.94. The van der Waals surface area contributed by atoms with Gasteiger partial charge in [-0.2, -0.15) is 0 Å². The third-order valence-electron chi connectivity index (χ3n) is 2.90. The van der Waals surface area contributed by atoms with E-state index < -0.39 is 0 Å². The average Bonchev–Trinajstić information content (AvgIpc) is 2.38. The number of aromatic hydroxyl groups is 1. The monoisotopic (exact) mass is 294 g/mol. The molecule has 0 bridgehead atoms. The number of nitrogens with one attached hydrogen (secondary N) is 2. The highest BCUT2D eigenvalue weighted by molar-refractivity contribution is 7.78. The van der Waals surface area contributed by atoms with Gasteiger partial charge in [0.25, 0.3) is 0 Å². The molecule has 4 nitrogen and oxygen atoms in total. The molecule has 2 rings (SSSR count). The Hall–Kier alpha value is -1.46. The van der Waals surface area contributed by atoms with E-state index in [0.29, 0.717) is 13.0 Å². The number of hydrogen-bond acceptors (Lipinski definition) is 4. The minimum Gasteiger partial charge on any atom is -0.508 e. The standard InChI is InChI=1S/C13H18N2O2.C2H4S/c1-8(2)15-13(17)12-6-9-3-4-11(16)5-10(9)7-14-12;1-2-3/h3-5,8,12,14,16H,6-7H2,1-2H3,(H,15,17);2H,1H3. The second-order valence-electron chi connectivity index (χ2n) is 4.99. The van der Waals surface area contributed by atoms with Crippen molar-refractivity contribution in [2.45, 2.75) is 45.8 Å². The average molecular weight is 294 g/mol. The summed E-state index contributed by atoms with van der Waals surface area (Å²) in [6, 6.07) is 5.29. The smallest absolute Gasteiger partial charge is 0.237 e. The first kappa shape index (κ1) is 16.6. The number of hydrogen-bond donors (Lipinski definition) is 3. The summed E-state index contributed by atoms with van der Waals surface area (Å²) >= 11 is 4.27. The molecule has 0 aliphatic carbocycles. The molecular formula is C15H22N2O2S. The van der Waals surface area contributed by atoms with E-state index in [1.165, 1.54) is 0 Å². The summed E-state index contributed by atoms with van der Waals surface area (Å²) in [7, 11) is 0. The highest BCUT2D eigenvalue weighted by Crippen LogP contribution is 2.21. The SMILES string of the molecule is CC(C)NC(=O)C1Cc2ccc(O)cc2CN1.CC=S. The molecule has 1 aromatic carbocycles. The van der Waals surface area contributed by atoms with Crippen LogP contribution in [0.15, 0.2) is 18.2 Å². The van der Waals surface area contributed by atoms with Crippen molar-refractivity contribution < 1.29 is 9.90 Å². The Kier molecular flexibility index (Phi) is 6.61. The van der Waals surface area contributed by atoms with E-state index in [1.54, 1.807) is 17.5 Å². The number of rotatable bonds is 2. The largest absolute Gasteiger partial charge is 0.508 e. The van der Waals surface area contributed by atoms with Gasteiger partial charge in [0, 0.05) is 12.6 Å². The number of phenols is 1. The van der Waals surface area contributed by atoms with Crippen LogP contribution in [-0.4, -0.2) is 28.5 Å². The maximum absolute atomic E-state index is 11.9. The minimum absolute atomic E-state index is 0.0405. The zero-order valence-electron chi connectivity index (χ0n) is 12.1. The van der Waals surface area contributed by atoms with E-state index >= 15 is 0 Å². The fourth-order valence-electron chi connectivity index (χ4n) is 2.07. The number of thiocarbonyl (C=S) groups is 1. The lowest BCUT2D eigenvalue weighted by atomic mass is 9.95. The molecule has 5 heteroatoms. The Bertz CT molecular complexity index is 475. The van der Waals surface area contributed by atoms with Gasteiger partial charge in [-0.1, -0.05) is 18.3 Å². The van der Waals surface area contributed by atoms with Crippen LogP contribution in [0, 0.1) is 0 Å². The third-order valence-corrected chi connectivity index (χ3v) is 2.90. The molecule has 0 fully saturated rings. The lowest BCUT2D eigenvalue weighted by molar-refractivity contribution is -0.123. The molecule has 110 valence electrons. The summed E-state index contributed by atoms with van der Waals surface area (Å²) in [5.41, 5.74) is 2.20. The van der Waals surface area contributed by atoms with Gasteiger partial charge in [0.2, 0.25) is 5.91 Å². The van der Waals surface area contributed by atoms with Gasteiger partial charge in [0.15, 0.2) is 0 Å². The van der Waals surface area contributed by atoms with E-state index in [-0.39, 0.29) is 23.7 Å². The first-order valence-corrected chi connectivity index (χ1v) is 7.19. The highest BCUT2D eigenvalue weighted by atomic mass is 32.1. The van der Waals surface area contributed by atoms with E-state index in [4.69, 9.17) is 0 Å². The summed E-state index contributed by atoms with van der Waals surface area (Å²) in [6.07, 6.45) is 0.675. The van der Waals surface area contributed by atoms with Gasteiger partial charge in [-0.25, -0.2) is 0 Å². The van der Waals surface area contributed by atoms with Crippen molar-refractivity contribution in [2.24, 2.45) is 0 Å². The second-order valence-corrected chi connectivity index (χ2v) is 5.46. The number of benzene rings is 1. The molecule has 1 aliphatic rings. The second kappa shape index (κ2) is 7.97. The van der Waals surface area contributed by atoms with E-state index in [0.717, 1.165) is 11.1 Å². The van der Waals surface area contributed by atoms with Crippen LogP contribution >= 0.6 is 12.2 Å². The summed E-state index contributed by atoms with van der Waals surface area (Å²) in [4.78, 5) is 11.9. The van der Waals surface area contributed by atoms with Crippen molar-refractivity contribution in [1.29, 1.82) is 0 Å². The Morgan fingerprint density at radius 1 is 1.50 bits per heavy atom. The fourth-order valence-corrected chi connectivity index (χ4v) is 2.07. The lowest BCUT2D eigenvalue weighted by Crippen LogP contribution is -2.49. The summed E-state index contributed by atoms with van der Waals surface area (Å²) in [6.45, 7) is 6.34. The Labute approximate surface area is 125 Å². The van der Waals surface area contributed by atoms with Crippen molar-refractivity contribution in [2.75, 3.05) is 0 Å². The molecule has 1 heterocycles. The molecule has 20 heavy (non-hydrogen) atoms. The van der Waals surface area contributed by atoms with Crippen molar-refractivity contribution in [3.8, 4) is 5.75 Å². The Morgan fingerprint density at radius 3 is 2.75 bits per heavy atom. The highest BCUT2D eigenvalue weighted by Gasteiger charge is 2.24. The van der Waals surface area contributed by atoms with Crippen molar-refractivity contribution >= 4 is 23.5 Å². The molecule has 0 radical (unpaired) electrons. The maximum Gasteiger partial charge on any atom is 0.237 e. The number of amides is 1. The van der Waals surface area contributed by atoms with Gasteiger partial charge >= 0.3 is 0 Å². The number of carbonyl (C=O) groups excluding carboxylic acids is 1. The van der Waals surface area contributed by atoms with Gasteiger partial charge in [-0.15, -0.1) is 0 Å². The first-order valence-electron chi connectivity index (χ1n) is 6.72. The van der Waals surface area contributed by atoms with Crippen LogP contribution < -0.4 is 10.6 Å². The first-order chi connectivity index (χ1) is 9.47. The molecule has 1 amide bonds. The maximum atomic E-state index is 11.9. The fraction of sp³-hybridized carbons (Fsp3) is 0.467. The van der Waals surface area contributed by atoms with Crippen LogP contribution in [-0.2, 0) is 17.8 Å². The van der Waals surface area contributed by atoms with E-state index in [9.17, 15) is 9.90 Å². The van der Waals surface area contributed by atoms with Gasteiger partial charge < -0.3 is 15.7 Å². The molecule has 1 unspecified atom stereocenters. The van der Waals surface area contributed by atoms with Crippen molar-refractivity contribution in [1.82, 2.24) is 10.6 Å². The van der Waals surface area contributed by atoms with Crippen LogP contribution in [0.25, 0.3) is 0 Å². The molecule has 0 aromatic heterocycles. The molecule has 0 saturated carbocycles. The number of fused-ring (bicyclic) bond motifs is 1. The zero-order valence-corrected chi connectivity index (χ0v) is 13.0. The summed E-state index contributed by atoms with van der Waals surface area (Å²) in [5.74, 6) is 0.314. The molecule has 1 atom stereocenters. The van der Waals surface area contributed by atoms with E-state index in [2.05, 4.69) is 22.9 Å². The normalized spacial score (nSPS) is 16.7. The molecular weight excluding hydrogens is 272 g/mol. The van der Waals surface area contributed by atoms with Crippen molar-refractivity contribution in [3.05, 3.63) is 29.3 Å². The van der Waals surface area contributed by atoms with Gasteiger partial charge in [0.05, 0.1) is 6.04 Å². The van der Waals surface area contributed by atoms with Crippen LogP contribution in [0.3, 0.4) is 0 Å². The lowest BCUT2D eigenvalue weighted by Gasteiger charge is -2.26. The topological polar surface area (TPSA) is 61.4 Å². The zero-order chi connectivity index (χ0) is 15.1. The van der Waals surface area contributed by atoms with Crippen LogP contribution in [0.5, 0.6) is 5.75 Å². The van der Waals surface area contributed by atoms with Gasteiger partial charge in [0.1, 0.15) is 5.75 Å². The quantitative estimate of drug-likeness (QED) is 0.730. The number of carbonyl (C=O) groups is 1. The summed E-state index contributed by atoms with van der Waals surface area (Å²) in [5, 5.41) is 17.0. The molecule has 1 aromatic rings. The minimum atomic E-state index is -0.172. The molecule has 3 N–H and O–H groups in total. The number of phenolic OH excluding ortho intramolecular Hbond substituents is 1. The molecule has 0 saturated heterocycles. The predicted molar refractivity (Wildman–Crippen MR) is 85.0 cm³/mol. The Morgan fingerprint density at radius 2 is 2.15 bits per heavy atom. The summed E-state index contributed by atoms with van der Waals surface area (Å²) < 4.78 is 0. The van der Waals surface area contributed by atoms with Gasteiger partial charge in [-0.05, 0) is 55.8 Å². The van der Waals surface area contributed by atoms with E-state index in [1.807, 2.05) is 26.8 Å². The molecule has 1 aliphatic heterocycles. The van der Waals surface area contributed by atoms with Crippen LogP contribution in [0.1, 0.15) is 31.9 Å². The van der Waals surface area contributed by atoms with Crippen LogP contribution in [0.2, 0.25) is 0 Å². The van der Waals surface area contributed by atoms with Crippen LogP contribution in [0.4, 0.5) is 0 Å². The van der Waals surface area contributed by atoms with Gasteiger partial charge in [-0.3, -0.25) is 4.79 Å². The molecule has 0 spiro atoms. The Balaban J connectivity index is 0.000000612.